The molecule has 2 N–H and O–H groups in total. The second-order valence-corrected chi connectivity index (χ2v) is 7.53. The lowest BCUT2D eigenvalue weighted by molar-refractivity contribution is 0.0170. The second-order valence-electron chi connectivity index (χ2n) is 7.53. The highest BCUT2D eigenvalue weighted by molar-refractivity contribution is 5.79. The van der Waals surface area contributed by atoms with Gasteiger partial charge in [-0.15, -0.1) is 0 Å². The molecule has 3 rings (SSSR count). The standard InChI is InChI=1S/C24H33FN4O3/c1-26-24(27-11-10-18-4-9-22(30-2)23(16-18)31-3)28-17-21(29-12-14-32-15-13-29)19-5-7-20(25)8-6-19/h4-9,16,21H,10-15,17H2,1-3H3,(H2,26,27,28). The van der Waals surface area contributed by atoms with Gasteiger partial charge in [0, 0.05) is 33.2 Å². The van der Waals surface area contributed by atoms with Crippen molar-refractivity contribution in [3.05, 3.63) is 59.4 Å². The van der Waals surface area contributed by atoms with Crippen LogP contribution in [-0.2, 0) is 11.2 Å². The van der Waals surface area contributed by atoms with Gasteiger partial charge in [0.1, 0.15) is 5.82 Å². The van der Waals surface area contributed by atoms with Gasteiger partial charge in [0.15, 0.2) is 17.5 Å². The topological polar surface area (TPSA) is 67.4 Å². The summed E-state index contributed by atoms with van der Waals surface area (Å²) < 4.78 is 29.6. The van der Waals surface area contributed by atoms with Crippen LogP contribution in [0.4, 0.5) is 4.39 Å². The first-order valence-corrected chi connectivity index (χ1v) is 10.9. The third-order valence-corrected chi connectivity index (χ3v) is 5.58. The summed E-state index contributed by atoms with van der Waals surface area (Å²) in [5.74, 6) is 1.94. The highest BCUT2D eigenvalue weighted by atomic mass is 19.1. The van der Waals surface area contributed by atoms with E-state index in [0.717, 1.165) is 48.1 Å². The molecule has 1 atom stereocenters. The van der Waals surface area contributed by atoms with Gasteiger partial charge in [-0.3, -0.25) is 9.89 Å². The lowest BCUT2D eigenvalue weighted by Gasteiger charge is -2.35. The van der Waals surface area contributed by atoms with Crippen LogP contribution in [0, 0.1) is 5.82 Å². The second kappa shape index (κ2) is 12.3. The SMILES string of the molecule is CN=C(NCCc1ccc(OC)c(OC)c1)NCC(c1ccc(F)cc1)N1CCOCC1. The van der Waals surface area contributed by atoms with Crippen molar-refractivity contribution in [1.82, 2.24) is 15.5 Å². The Morgan fingerprint density at radius 1 is 1.06 bits per heavy atom. The zero-order valence-electron chi connectivity index (χ0n) is 19.1. The average Bonchev–Trinajstić information content (AvgIpc) is 2.84. The molecular weight excluding hydrogens is 411 g/mol. The van der Waals surface area contributed by atoms with Crippen molar-refractivity contribution in [1.29, 1.82) is 0 Å². The first-order chi connectivity index (χ1) is 15.6. The lowest BCUT2D eigenvalue weighted by Crippen LogP contribution is -2.46. The van der Waals surface area contributed by atoms with Crippen molar-refractivity contribution in [2.24, 2.45) is 4.99 Å². The minimum Gasteiger partial charge on any atom is -0.493 e. The highest BCUT2D eigenvalue weighted by Crippen LogP contribution is 2.27. The van der Waals surface area contributed by atoms with Crippen molar-refractivity contribution in [3.63, 3.8) is 0 Å². The molecule has 0 radical (unpaired) electrons. The van der Waals surface area contributed by atoms with Crippen LogP contribution in [-0.4, -0.2) is 71.5 Å². The number of nitrogens with zero attached hydrogens (tertiary/aromatic N) is 2. The number of morpholine rings is 1. The Balaban J connectivity index is 1.56. The van der Waals surface area contributed by atoms with Crippen LogP contribution in [0.25, 0.3) is 0 Å². The van der Waals surface area contributed by atoms with Crippen molar-refractivity contribution in [2.75, 3.05) is 60.7 Å². The van der Waals surface area contributed by atoms with Crippen molar-refractivity contribution in [3.8, 4) is 11.5 Å². The van der Waals surface area contributed by atoms with Gasteiger partial charge in [-0.05, 0) is 41.8 Å². The van der Waals surface area contributed by atoms with Crippen LogP contribution in [0.3, 0.4) is 0 Å². The molecule has 0 aliphatic carbocycles. The number of guanidine groups is 1. The number of benzene rings is 2. The number of ether oxygens (including phenoxy) is 3. The Morgan fingerprint density at radius 2 is 1.78 bits per heavy atom. The summed E-state index contributed by atoms with van der Waals surface area (Å²) in [4.78, 5) is 6.71. The molecule has 8 heteroatoms. The molecule has 2 aromatic rings. The predicted molar refractivity (Wildman–Crippen MR) is 124 cm³/mol. The Kier molecular flexibility index (Phi) is 9.13. The molecule has 1 aliphatic rings. The van der Waals surface area contributed by atoms with E-state index in [-0.39, 0.29) is 11.9 Å². The van der Waals surface area contributed by atoms with Gasteiger partial charge in [0.25, 0.3) is 0 Å². The molecule has 0 saturated carbocycles. The van der Waals surface area contributed by atoms with Gasteiger partial charge in [-0.2, -0.15) is 0 Å². The van der Waals surface area contributed by atoms with Gasteiger partial charge in [-0.25, -0.2) is 4.39 Å². The highest BCUT2D eigenvalue weighted by Gasteiger charge is 2.23. The van der Waals surface area contributed by atoms with Crippen LogP contribution >= 0.6 is 0 Å². The zero-order valence-corrected chi connectivity index (χ0v) is 19.1. The summed E-state index contributed by atoms with van der Waals surface area (Å²) in [5.41, 5.74) is 2.21. The number of halogens is 1. The van der Waals surface area contributed by atoms with E-state index in [1.54, 1.807) is 21.3 Å². The minimum atomic E-state index is -0.227. The minimum absolute atomic E-state index is 0.101. The number of methoxy groups -OCH3 is 2. The van der Waals surface area contributed by atoms with Crippen LogP contribution in [0.1, 0.15) is 17.2 Å². The van der Waals surface area contributed by atoms with Crippen LogP contribution in [0.2, 0.25) is 0 Å². The first-order valence-electron chi connectivity index (χ1n) is 10.9. The summed E-state index contributed by atoms with van der Waals surface area (Å²) in [6.45, 7) is 4.46. The Hall–Kier alpha value is -2.84. The molecule has 1 heterocycles. The van der Waals surface area contributed by atoms with E-state index in [1.807, 2.05) is 30.3 Å². The number of hydrogen-bond donors (Lipinski definition) is 2. The fraction of sp³-hybridized carbons (Fsp3) is 0.458. The summed E-state index contributed by atoms with van der Waals surface area (Å²) in [6.07, 6.45) is 0.811. The molecule has 0 aromatic heterocycles. The zero-order chi connectivity index (χ0) is 22.8. The maximum atomic E-state index is 13.4. The first kappa shape index (κ1) is 23.8. The van der Waals surface area contributed by atoms with Gasteiger partial charge < -0.3 is 24.8 Å². The van der Waals surface area contributed by atoms with E-state index in [4.69, 9.17) is 14.2 Å². The van der Waals surface area contributed by atoms with Gasteiger partial charge >= 0.3 is 0 Å². The third-order valence-electron chi connectivity index (χ3n) is 5.58. The maximum absolute atomic E-state index is 13.4. The number of aliphatic imine (C=N–C) groups is 1. The van der Waals surface area contributed by atoms with Crippen molar-refractivity contribution < 1.29 is 18.6 Å². The molecule has 1 fully saturated rings. The largest absolute Gasteiger partial charge is 0.493 e. The van der Waals surface area contributed by atoms with Crippen LogP contribution < -0.4 is 20.1 Å². The summed E-state index contributed by atoms with van der Waals surface area (Å²) in [5, 5.41) is 6.79. The number of rotatable bonds is 9. The summed E-state index contributed by atoms with van der Waals surface area (Å²) in [7, 11) is 5.02. The van der Waals surface area contributed by atoms with E-state index in [0.29, 0.717) is 26.3 Å². The van der Waals surface area contributed by atoms with Gasteiger partial charge in [-0.1, -0.05) is 18.2 Å². The van der Waals surface area contributed by atoms with Crippen molar-refractivity contribution in [2.45, 2.75) is 12.5 Å². The fourth-order valence-corrected chi connectivity index (χ4v) is 3.81. The Morgan fingerprint density at radius 3 is 2.44 bits per heavy atom. The van der Waals surface area contributed by atoms with Gasteiger partial charge in [0.05, 0.1) is 33.5 Å². The van der Waals surface area contributed by atoms with Crippen molar-refractivity contribution >= 4 is 5.96 Å². The van der Waals surface area contributed by atoms with E-state index in [2.05, 4.69) is 20.5 Å². The molecular formula is C24H33FN4O3. The predicted octanol–water partition coefficient (Wildman–Crippen LogP) is 2.62. The molecule has 0 amide bonds. The maximum Gasteiger partial charge on any atom is 0.191 e. The average molecular weight is 445 g/mol. The van der Waals surface area contributed by atoms with Gasteiger partial charge in [0.2, 0.25) is 0 Å². The van der Waals surface area contributed by atoms with E-state index < -0.39 is 0 Å². The summed E-state index contributed by atoms with van der Waals surface area (Å²) >= 11 is 0. The molecule has 32 heavy (non-hydrogen) atoms. The monoisotopic (exact) mass is 444 g/mol. The molecule has 7 nitrogen and oxygen atoms in total. The molecule has 0 spiro atoms. The fourth-order valence-electron chi connectivity index (χ4n) is 3.81. The quantitative estimate of drug-likeness (QED) is 0.458. The van der Waals surface area contributed by atoms with Crippen LogP contribution in [0.5, 0.6) is 11.5 Å². The summed E-state index contributed by atoms with van der Waals surface area (Å²) in [6, 6.07) is 12.8. The molecule has 1 saturated heterocycles. The molecule has 2 aromatic carbocycles. The number of nitrogens with one attached hydrogen (secondary N) is 2. The molecule has 0 bridgehead atoms. The number of hydrogen-bond acceptors (Lipinski definition) is 5. The van der Waals surface area contributed by atoms with E-state index in [1.165, 1.54) is 12.1 Å². The molecule has 1 aliphatic heterocycles. The Labute approximate surface area is 189 Å². The lowest BCUT2D eigenvalue weighted by atomic mass is 10.0. The van der Waals surface area contributed by atoms with E-state index in [9.17, 15) is 4.39 Å². The Bertz CT molecular complexity index is 870. The van der Waals surface area contributed by atoms with Crippen LogP contribution in [0.15, 0.2) is 47.5 Å². The third kappa shape index (κ3) is 6.58. The normalized spacial score (nSPS) is 15.8. The molecule has 174 valence electrons. The molecule has 1 unspecified atom stereocenters. The smallest absolute Gasteiger partial charge is 0.191 e. The van der Waals surface area contributed by atoms with E-state index >= 15 is 0 Å².